The topological polar surface area (TPSA) is 72.5 Å². The molecule has 2 atom stereocenters. The van der Waals surface area contributed by atoms with Gasteiger partial charge in [-0.05, 0) is 26.2 Å². The smallest absolute Gasteiger partial charge is 0.333 e. The molecule has 1 rings (SSSR count). The fourth-order valence-corrected chi connectivity index (χ4v) is 2.53. The Kier molecular flexibility index (Phi) is 4.09. The van der Waals surface area contributed by atoms with E-state index in [1.807, 2.05) is 0 Å². The van der Waals surface area contributed by atoms with Crippen molar-refractivity contribution in [3.05, 3.63) is 12.2 Å². The number of nitrogens with one attached hydrogen (secondary N) is 1. The van der Waals surface area contributed by atoms with Crippen LogP contribution in [0.25, 0.3) is 0 Å². The first-order valence-electron chi connectivity index (χ1n) is 5.13. The third-order valence-electron chi connectivity index (χ3n) is 2.42. The molecule has 0 aromatic carbocycles. The first-order chi connectivity index (χ1) is 7.29. The van der Waals surface area contributed by atoms with Gasteiger partial charge in [-0.3, -0.25) is 0 Å². The summed E-state index contributed by atoms with van der Waals surface area (Å²) in [4.78, 5) is 11.3. The Hall–Kier alpha value is -0.880. The van der Waals surface area contributed by atoms with Gasteiger partial charge in [0.05, 0.1) is 12.3 Å². The first-order valence-corrected chi connectivity index (χ1v) is 7.02. The number of carbonyl (C=O) groups is 1. The van der Waals surface area contributed by atoms with Crippen LogP contribution in [-0.2, 0) is 19.6 Å². The molecule has 1 aliphatic carbocycles. The average Bonchev–Trinajstić information content (AvgIpc) is 2.49. The highest BCUT2D eigenvalue weighted by Crippen LogP contribution is 2.23. The van der Waals surface area contributed by atoms with E-state index in [9.17, 15) is 13.2 Å². The van der Waals surface area contributed by atoms with Crippen molar-refractivity contribution in [3.63, 3.8) is 0 Å². The molecule has 0 bridgehead atoms. The Morgan fingerprint density at radius 2 is 2.06 bits per heavy atom. The molecule has 0 amide bonds. The van der Waals surface area contributed by atoms with Gasteiger partial charge in [0, 0.05) is 5.57 Å². The molecule has 1 fully saturated rings. The van der Waals surface area contributed by atoms with Crippen LogP contribution >= 0.6 is 0 Å². The summed E-state index contributed by atoms with van der Waals surface area (Å²) < 4.78 is 29.8. The molecular formula is C10H17NO4S. The van der Waals surface area contributed by atoms with Crippen molar-refractivity contribution in [2.75, 3.05) is 6.26 Å². The number of esters is 1. The second-order valence-corrected chi connectivity index (χ2v) is 5.93. The lowest BCUT2D eigenvalue weighted by atomic mass is 10.2. The van der Waals surface area contributed by atoms with Crippen LogP contribution in [0.5, 0.6) is 0 Å². The summed E-state index contributed by atoms with van der Waals surface area (Å²) in [5.74, 6) is -0.466. The zero-order chi connectivity index (χ0) is 12.3. The van der Waals surface area contributed by atoms with Gasteiger partial charge < -0.3 is 4.74 Å². The fraction of sp³-hybridized carbons (Fsp3) is 0.700. The number of rotatable bonds is 4. The summed E-state index contributed by atoms with van der Waals surface area (Å²) in [6.45, 7) is 5.05. The van der Waals surface area contributed by atoms with Crippen LogP contribution in [0.3, 0.4) is 0 Å². The SMILES string of the molecule is C=C(C)C(=O)OC1CCCC1NS(C)(=O)=O. The van der Waals surface area contributed by atoms with Crippen LogP contribution in [-0.4, -0.2) is 32.8 Å². The molecular weight excluding hydrogens is 230 g/mol. The maximum atomic E-state index is 11.3. The van der Waals surface area contributed by atoms with Crippen LogP contribution < -0.4 is 4.72 Å². The lowest BCUT2D eigenvalue weighted by Gasteiger charge is -2.20. The maximum absolute atomic E-state index is 11.3. The summed E-state index contributed by atoms with van der Waals surface area (Å²) in [6.07, 6.45) is 2.96. The predicted molar refractivity (Wildman–Crippen MR) is 60.3 cm³/mol. The largest absolute Gasteiger partial charge is 0.457 e. The normalized spacial score (nSPS) is 25.4. The van der Waals surface area contributed by atoms with Gasteiger partial charge in [-0.25, -0.2) is 17.9 Å². The van der Waals surface area contributed by atoms with Crippen molar-refractivity contribution >= 4 is 16.0 Å². The molecule has 0 aromatic heterocycles. The van der Waals surface area contributed by atoms with Crippen LogP contribution in [0.2, 0.25) is 0 Å². The number of ether oxygens (including phenoxy) is 1. The van der Waals surface area contributed by atoms with Crippen LogP contribution in [0, 0.1) is 0 Å². The summed E-state index contributed by atoms with van der Waals surface area (Å²) in [5.41, 5.74) is 0.324. The van der Waals surface area contributed by atoms with E-state index in [4.69, 9.17) is 4.74 Å². The fourth-order valence-electron chi connectivity index (χ4n) is 1.71. The zero-order valence-corrected chi connectivity index (χ0v) is 10.3. The summed E-state index contributed by atoms with van der Waals surface area (Å²) in [7, 11) is -3.26. The van der Waals surface area contributed by atoms with Gasteiger partial charge in [0.1, 0.15) is 6.10 Å². The van der Waals surface area contributed by atoms with Gasteiger partial charge >= 0.3 is 5.97 Å². The average molecular weight is 247 g/mol. The number of carbonyl (C=O) groups excluding carboxylic acids is 1. The second kappa shape index (κ2) is 4.97. The molecule has 0 heterocycles. The summed E-state index contributed by atoms with van der Waals surface area (Å²) >= 11 is 0. The first kappa shape index (κ1) is 13.2. The molecule has 0 spiro atoms. The van der Waals surface area contributed by atoms with Gasteiger partial charge in [0.15, 0.2) is 0 Å². The van der Waals surface area contributed by atoms with Crippen molar-refractivity contribution in [1.82, 2.24) is 4.72 Å². The predicted octanol–water partition coefficient (Wildman–Crippen LogP) is 0.576. The van der Waals surface area contributed by atoms with E-state index in [1.54, 1.807) is 6.92 Å². The van der Waals surface area contributed by atoms with E-state index in [2.05, 4.69) is 11.3 Å². The Bertz CT molecular complexity index is 388. The number of hydrogen-bond acceptors (Lipinski definition) is 4. The van der Waals surface area contributed by atoms with E-state index >= 15 is 0 Å². The van der Waals surface area contributed by atoms with E-state index in [-0.39, 0.29) is 12.1 Å². The Balaban J connectivity index is 2.59. The lowest BCUT2D eigenvalue weighted by molar-refractivity contribution is -0.144. The van der Waals surface area contributed by atoms with Crippen molar-refractivity contribution in [3.8, 4) is 0 Å². The highest BCUT2D eigenvalue weighted by atomic mass is 32.2. The highest BCUT2D eigenvalue weighted by Gasteiger charge is 2.32. The summed E-state index contributed by atoms with van der Waals surface area (Å²) in [6, 6.07) is -0.307. The molecule has 0 aliphatic heterocycles. The molecule has 5 nitrogen and oxygen atoms in total. The van der Waals surface area contributed by atoms with E-state index in [1.165, 1.54) is 0 Å². The Morgan fingerprint density at radius 3 is 2.56 bits per heavy atom. The molecule has 16 heavy (non-hydrogen) atoms. The molecule has 6 heteroatoms. The van der Waals surface area contributed by atoms with E-state index in [0.29, 0.717) is 18.4 Å². The third-order valence-corrected chi connectivity index (χ3v) is 3.16. The third kappa shape index (κ3) is 3.94. The van der Waals surface area contributed by atoms with Gasteiger partial charge in [0.2, 0.25) is 10.0 Å². The molecule has 1 N–H and O–H groups in total. The quantitative estimate of drug-likeness (QED) is 0.582. The minimum absolute atomic E-state index is 0.307. The zero-order valence-electron chi connectivity index (χ0n) is 9.52. The molecule has 0 saturated heterocycles. The Morgan fingerprint density at radius 1 is 1.44 bits per heavy atom. The lowest BCUT2D eigenvalue weighted by Crippen LogP contribution is -2.41. The van der Waals surface area contributed by atoms with Crippen molar-refractivity contribution < 1.29 is 17.9 Å². The van der Waals surface area contributed by atoms with Crippen molar-refractivity contribution in [2.24, 2.45) is 0 Å². The maximum Gasteiger partial charge on any atom is 0.333 e. The summed E-state index contributed by atoms with van der Waals surface area (Å²) in [5, 5.41) is 0. The molecule has 1 saturated carbocycles. The highest BCUT2D eigenvalue weighted by molar-refractivity contribution is 7.88. The molecule has 0 aromatic rings. The van der Waals surface area contributed by atoms with Crippen LogP contribution in [0.1, 0.15) is 26.2 Å². The minimum atomic E-state index is -3.26. The van der Waals surface area contributed by atoms with Crippen molar-refractivity contribution in [1.29, 1.82) is 0 Å². The Labute approximate surface area is 95.9 Å². The molecule has 92 valence electrons. The van der Waals surface area contributed by atoms with Gasteiger partial charge in [0.25, 0.3) is 0 Å². The molecule has 1 aliphatic rings. The molecule has 0 radical (unpaired) electrons. The van der Waals surface area contributed by atoms with Gasteiger partial charge in [-0.2, -0.15) is 0 Å². The number of sulfonamides is 1. The van der Waals surface area contributed by atoms with Crippen molar-refractivity contribution in [2.45, 2.75) is 38.3 Å². The van der Waals surface area contributed by atoms with E-state index < -0.39 is 16.0 Å². The van der Waals surface area contributed by atoms with E-state index in [0.717, 1.165) is 12.7 Å². The monoisotopic (exact) mass is 247 g/mol. The standard InChI is InChI=1S/C10H17NO4S/c1-7(2)10(12)15-9-6-4-5-8(9)11-16(3,13)14/h8-9,11H,1,4-6H2,2-3H3. The van der Waals surface area contributed by atoms with Crippen LogP contribution in [0.4, 0.5) is 0 Å². The molecule has 2 unspecified atom stereocenters. The van der Waals surface area contributed by atoms with Gasteiger partial charge in [-0.1, -0.05) is 6.58 Å². The minimum Gasteiger partial charge on any atom is -0.457 e. The van der Waals surface area contributed by atoms with Gasteiger partial charge in [-0.15, -0.1) is 0 Å². The van der Waals surface area contributed by atoms with Crippen LogP contribution in [0.15, 0.2) is 12.2 Å². The second-order valence-electron chi connectivity index (χ2n) is 4.15. The number of hydrogen-bond donors (Lipinski definition) is 1.